The second kappa shape index (κ2) is 4.90. The summed E-state index contributed by atoms with van der Waals surface area (Å²) in [5, 5.41) is 3.90. The molecule has 1 aromatic carbocycles. The Hall–Kier alpha value is -0.670. The van der Waals surface area contributed by atoms with Crippen molar-refractivity contribution < 1.29 is 0 Å². The summed E-state index contributed by atoms with van der Waals surface area (Å²) in [6, 6.07) is 8.70. The van der Waals surface area contributed by atoms with E-state index in [9.17, 15) is 0 Å². The van der Waals surface area contributed by atoms with Crippen LogP contribution in [0.15, 0.2) is 29.2 Å². The predicted octanol–water partition coefficient (Wildman–Crippen LogP) is 2.21. The molecule has 0 aliphatic carbocycles. The molecule has 1 heterocycles. The number of fused-ring (bicyclic) bond motifs is 1. The van der Waals surface area contributed by atoms with Gasteiger partial charge >= 0.3 is 0 Å². The molecule has 0 radical (unpaired) electrons. The fourth-order valence-corrected chi connectivity index (χ4v) is 3.10. The molecule has 1 atom stereocenters. The maximum absolute atomic E-state index is 3.21. The van der Waals surface area contributed by atoms with Crippen LogP contribution in [-0.4, -0.2) is 31.9 Å². The molecule has 1 unspecified atom stereocenters. The fraction of sp³-hybridized carbons (Fsp3) is 0.500. The van der Waals surface area contributed by atoms with Gasteiger partial charge in [-0.2, -0.15) is 0 Å². The number of rotatable bonds is 3. The second-order valence-corrected chi connectivity index (χ2v) is 5.43. The van der Waals surface area contributed by atoms with Crippen molar-refractivity contribution >= 4 is 17.4 Å². The minimum atomic E-state index is 0.691. The third-order valence-electron chi connectivity index (χ3n) is 2.64. The molecule has 1 aromatic rings. The van der Waals surface area contributed by atoms with Crippen molar-refractivity contribution in [3.05, 3.63) is 24.3 Å². The first-order valence-corrected chi connectivity index (χ1v) is 6.34. The third kappa shape index (κ3) is 2.47. The van der Waals surface area contributed by atoms with Crippen LogP contribution in [0, 0.1) is 0 Å². The summed E-state index contributed by atoms with van der Waals surface area (Å²) in [6.45, 7) is 5.60. The number of likely N-dealkylation sites (N-methyl/N-ethyl adjacent to an activating group) is 1. The lowest BCUT2D eigenvalue weighted by Crippen LogP contribution is -2.37. The number of thioether (sulfide) groups is 1. The van der Waals surface area contributed by atoms with Gasteiger partial charge in [0.15, 0.2) is 0 Å². The van der Waals surface area contributed by atoms with E-state index in [-0.39, 0.29) is 0 Å². The molecule has 0 fully saturated rings. The Morgan fingerprint density at radius 1 is 1.47 bits per heavy atom. The molecule has 1 N–H and O–H groups in total. The van der Waals surface area contributed by atoms with E-state index in [1.165, 1.54) is 10.6 Å². The molecular weight excluding hydrogens is 204 g/mol. The van der Waals surface area contributed by atoms with Gasteiger partial charge in [0.25, 0.3) is 0 Å². The molecule has 1 aliphatic rings. The van der Waals surface area contributed by atoms with Crippen molar-refractivity contribution in [2.45, 2.75) is 17.1 Å². The van der Waals surface area contributed by atoms with Gasteiger partial charge in [0.1, 0.15) is 0 Å². The number of benzene rings is 1. The van der Waals surface area contributed by atoms with Gasteiger partial charge in [0.2, 0.25) is 0 Å². The van der Waals surface area contributed by atoms with E-state index in [1.807, 2.05) is 18.8 Å². The summed E-state index contributed by atoms with van der Waals surface area (Å²) in [5.41, 5.74) is 1.40. The molecule has 3 heteroatoms. The lowest BCUT2D eigenvalue weighted by atomic mass is 10.2. The second-order valence-electron chi connectivity index (χ2n) is 3.95. The van der Waals surface area contributed by atoms with Gasteiger partial charge < -0.3 is 10.2 Å². The smallest absolute Gasteiger partial charge is 0.0505 e. The average molecular weight is 222 g/mol. The zero-order valence-corrected chi connectivity index (χ0v) is 10.2. The zero-order valence-electron chi connectivity index (χ0n) is 9.36. The van der Waals surface area contributed by atoms with E-state index in [0.29, 0.717) is 5.25 Å². The highest BCUT2D eigenvalue weighted by molar-refractivity contribution is 8.00. The van der Waals surface area contributed by atoms with Crippen LogP contribution in [0.5, 0.6) is 0 Å². The number of anilines is 1. The van der Waals surface area contributed by atoms with Crippen molar-refractivity contribution in [1.29, 1.82) is 0 Å². The minimum absolute atomic E-state index is 0.691. The average Bonchev–Trinajstić information content (AvgIpc) is 2.25. The Balaban J connectivity index is 2.18. The largest absolute Gasteiger partial charge is 0.368 e. The monoisotopic (exact) mass is 222 g/mol. The van der Waals surface area contributed by atoms with E-state index in [4.69, 9.17) is 0 Å². The summed E-state index contributed by atoms with van der Waals surface area (Å²) in [6.07, 6.45) is 0. The molecule has 82 valence electrons. The van der Waals surface area contributed by atoms with Crippen LogP contribution < -0.4 is 10.2 Å². The Labute approximate surface area is 96.0 Å². The van der Waals surface area contributed by atoms with Crippen molar-refractivity contribution in [2.75, 3.05) is 31.6 Å². The van der Waals surface area contributed by atoms with Gasteiger partial charge in [-0.25, -0.2) is 0 Å². The van der Waals surface area contributed by atoms with Gasteiger partial charge in [-0.15, -0.1) is 11.8 Å². The van der Waals surface area contributed by atoms with Gasteiger partial charge in [-0.3, -0.25) is 0 Å². The first-order valence-electron chi connectivity index (χ1n) is 5.46. The summed E-state index contributed by atoms with van der Waals surface area (Å²) in [7, 11) is 2.01. The Morgan fingerprint density at radius 2 is 2.27 bits per heavy atom. The highest BCUT2D eigenvalue weighted by Gasteiger charge is 2.20. The van der Waals surface area contributed by atoms with Crippen LogP contribution in [0.3, 0.4) is 0 Å². The molecule has 2 rings (SSSR count). The number of hydrogen-bond acceptors (Lipinski definition) is 3. The van der Waals surface area contributed by atoms with E-state index >= 15 is 0 Å². The molecule has 0 saturated carbocycles. The van der Waals surface area contributed by atoms with Crippen LogP contribution in [0.25, 0.3) is 0 Å². The topological polar surface area (TPSA) is 15.3 Å². The van der Waals surface area contributed by atoms with E-state index in [2.05, 4.69) is 41.4 Å². The maximum atomic E-state index is 3.21. The molecule has 2 nitrogen and oxygen atoms in total. The predicted molar refractivity (Wildman–Crippen MR) is 67.9 cm³/mol. The van der Waals surface area contributed by atoms with Crippen LogP contribution in [-0.2, 0) is 0 Å². The Morgan fingerprint density at radius 3 is 3.07 bits per heavy atom. The zero-order chi connectivity index (χ0) is 10.7. The highest BCUT2D eigenvalue weighted by Crippen LogP contribution is 2.37. The maximum Gasteiger partial charge on any atom is 0.0505 e. The molecule has 15 heavy (non-hydrogen) atoms. The van der Waals surface area contributed by atoms with Gasteiger partial charge in [0, 0.05) is 29.8 Å². The molecule has 0 amide bonds. The molecule has 0 bridgehead atoms. The lowest BCUT2D eigenvalue weighted by Gasteiger charge is -2.34. The van der Waals surface area contributed by atoms with Crippen LogP contribution >= 0.6 is 11.8 Å². The quantitative estimate of drug-likeness (QED) is 0.844. The fourth-order valence-electron chi connectivity index (χ4n) is 1.94. The lowest BCUT2D eigenvalue weighted by molar-refractivity contribution is 0.704. The highest BCUT2D eigenvalue weighted by atomic mass is 32.2. The summed E-state index contributed by atoms with van der Waals surface area (Å²) in [4.78, 5) is 3.90. The van der Waals surface area contributed by atoms with Crippen molar-refractivity contribution in [1.82, 2.24) is 5.32 Å². The van der Waals surface area contributed by atoms with E-state index in [0.717, 1.165) is 19.6 Å². The number of nitrogens with one attached hydrogen (secondary N) is 1. The normalized spacial score (nSPS) is 20.1. The number of hydrogen-bond donors (Lipinski definition) is 1. The van der Waals surface area contributed by atoms with Crippen molar-refractivity contribution in [2.24, 2.45) is 0 Å². The Kier molecular flexibility index (Phi) is 3.54. The SMILES string of the molecule is CNCCN1CC(C)Sc2ccccc21. The summed E-state index contributed by atoms with van der Waals surface area (Å²) in [5.74, 6) is 0. The van der Waals surface area contributed by atoms with E-state index in [1.54, 1.807) is 0 Å². The molecule has 0 aromatic heterocycles. The standard InChI is InChI=1S/C12H18N2S/c1-10-9-14(8-7-13-2)11-5-3-4-6-12(11)15-10/h3-6,10,13H,7-9H2,1-2H3. The first kappa shape index (κ1) is 10.8. The Bertz CT molecular complexity index is 327. The summed E-state index contributed by atoms with van der Waals surface area (Å²) < 4.78 is 0. The molecular formula is C12H18N2S. The number of para-hydroxylation sites is 1. The van der Waals surface area contributed by atoms with Crippen LogP contribution in [0.2, 0.25) is 0 Å². The third-order valence-corrected chi connectivity index (χ3v) is 3.79. The van der Waals surface area contributed by atoms with Crippen molar-refractivity contribution in [3.8, 4) is 0 Å². The first-order chi connectivity index (χ1) is 7.31. The molecule has 0 saturated heterocycles. The van der Waals surface area contributed by atoms with Gasteiger partial charge in [0.05, 0.1) is 5.69 Å². The number of nitrogens with zero attached hydrogens (tertiary/aromatic N) is 1. The van der Waals surface area contributed by atoms with Crippen LogP contribution in [0.1, 0.15) is 6.92 Å². The van der Waals surface area contributed by atoms with Crippen LogP contribution in [0.4, 0.5) is 5.69 Å². The van der Waals surface area contributed by atoms with Gasteiger partial charge in [-0.05, 0) is 19.2 Å². The molecule has 1 aliphatic heterocycles. The molecule has 0 spiro atoms. The van der Waals surface area contributed by atoms with Gasteiger partial charge in [-0.1, -0.05) is 19.1 Å². The minimum Gasteiger partial charge on any atom is -0.368 e. The van der Waals surface area contributed by atoms with Crippen molar-refractivity contribution in [3.63, 3.8) is 0 Å². The van der Waals surface area contributed by atoms with E-state index < -0.39 is 0 Å². The summed E-state index contributed by atoms with van der Waals surface area (Å²) >= 11 is 1.99.